The van der Waals surface area contributed by atoms with Crippen molar-refractivity contribution in [2.45, 2.75) is 44.5 Å². The first-order valence-electron chi connectivity index (χ1n) is 12.9. The fourth-order valence-electron chi connectivity index (χ4n) is 5.46. The minimum Gasteiger partial charge on any atom is -0.445 e. The molecule has 0 N–H and O–H groups in total. The minimum absolute atomic E-state index is 0.0184. The first-order chi connectivity index (χ1) is 17.7. The third-order valence-electron chi connectivity index (χ3n) is 7.31. The van der Waals surface area contributed by atoms with Gasteiger partial charge in [0.2, 0.25) is 0 Å². The summed E-state index contributed by atoms with van der Waals surface area (Å²) < 4.78 is 5.76. The summed E-state index contributed by atoms with van der Waals surface area (Å²) >= 11 is 0. The highest BCUT2D eigenvalue weighted by molar-refractivity contribution is 5.68. The molecule has 5 rings (SSSR count). The third-order valence-corrected chi connectivity index (χ3v) is 7.31. The highest BCUT2D eigenvalue weighted by Gasteiger charge is 2.34. The van der Waals surface area contributed by atoms with Crippen LogP contribution in [0.2, 0.25) is 0 Å². The lowest BCUT2D eigenvalue weighted by atomic mass is 9.91. The van der Waals surface area contributed by atoms with Crippen molar-refractivity contribution >= 4 is 6.09 Å². The predicted molar refractivity (Wildman–Crippen MR) is 139 cm³/mol. The molecule has 1 unspecified atom stereocenters. The summed E-state index contributed by atoms with van der Waals surface area (Å²) in [5.74, 6) is 0. The van der Waals surface area contributed by atoms with Crippen molar-refractivity contribution in [1.82, 2.24) is 24.7 Å². The quantitative estimate of drug-likeness (QED) is 0.497. The Labute approximate surface area is 213 Å². The Kier molecular flexibility index (Phi) is 7.88. The van der Waals surface area contributed by atoms with Gasteiger partial charge in [-0.25, -0.2) is 4.79 Å². The van der Waals surface area contributed by atoms with E-state index in [1.807, 2.05) is 65.8 Å². The van der Waals surface area contributed by atoms with Crippen molar-refractivity contribution in [3.63, 3.8) is 0 Å². The van der Waals surface area contributed by atoms with E-state index in [-0.39, 0.29) is 24.8 Å². The molecule has 1 fully saturated rings. The van der Waals surface area contributed by atoms with Gasteiger partial charge < -0.3 is 9.64 Å². The summed E-state index contributed by atoms with van der Waals surface area (Å²) in [4.78, 5) is 29.2. The number of fused-ring (bicyclic) bond motifs is 1. The van der Waals surface area contributed by atoms with Crippen molar-refractivity contribution in [1.29, 1.82) is 0 Å². The van der Waals surface area contributed by atoms with Crippen molar-refractivity contribution in [2.24, 2.45) is 0 Å². The maximum atomic E-state index is 13.2. The molecule has 188 valence electrons. The van der Waals surface area contributed by atoms with E-state index in [2.05, 4.69) is 34.0 Å². The normalized spacial score (nSPS) is 20.2. The number of rotatable bonds is 7. The summed E-state index contributed by atoms with van der Waals surface area (Å²) in [5.41, 5.74) is 4.58. The lowest BCUT2D eigenvalue weighted by molar-refractivity contribution is 0.0246. The van der Waals surface area contributed by atoms with Gasteiger partial charge >= 0.3 is 6.09 Å². The van der Waals surface area contributed by atoms with E-state index in [0.29, 0.717) is 6.54 Å². The van der Waals surface area contributed by atoms with Crippen LogP contribution in [-0.4, -0.2) is 70.0 Å². The Morgan fingerprint density at radius 3 is 2.69 bits per heavy atom. The Bertz CT molecular complexity index is 1130. The first-order valence-corrected chi connectivity index (χ1v) is 12.9. The molecule has 1 aromatic carbocycles. The zero-order chi connectivity index (χ0) is 24.7. The molecular weight excluding hydrogens is 450 g/mol. The average Bonchev–Trinajstić information content (AvgIpc) is 2.92. The molecule has 3 heterocycles. The molecule has 1 amide bonds. The number of likely N-dealkylation sites (N-methyl/N-ethyl adjacent to an activating group) is 1. The molecule has 2 aliphatic rings. The summed E-state index contributed by atoms with van der Waals surface area (Å²) in [7, 11) is 2.17. The number of benzene rings is 1. The van der Waals surface area contributed by atoms with Crippen LogP contribution in [0.1, 0.15) is 41.4 Å². The zero-order valence-electron chi connectivity index (χ0n) is 21.0. The van der Waals surface area contributed by atoms with Gasteiger partial charge in [-0.2, -0.15) is 0 Å². The smallest absolute Gasteiger partial charge is 0.410 e. The van der Waals surface area contributed by atoms with Crippen LogP contribution < -0.4 is 0 Å². The standard InChI is InChI=1S/C29H35N5O2/c1-32(27-14-7-11-24-12-8-16-31-28(24)27)20-26-21-33(19-25-13-5-6-15-30-25)17-18-34(26)29(35)36-22-23-9-3-2-4-10-23/h2-6,8-10,12-13,15-16,26-27H,7,11,14,17-22H2,1H3/t26?,27-/m0/s1. The number of hydrogen-bond donors (Lipinski definition) is 0. The highest BCUT2D eigenvalue weighted by atomic mass is 16.6. The maximum absolute atomic E-state index is 13.2. The number of piperazine rings is 1. The van der Waals surface area contributed by atoms with Crippen LogP contribution in [-0.2, 0) is 24.3 Å². The van der Waals surface area contributed by atoms with Crippen LogP contribution in [0.5, 0.6) is 0 Å². The Morgan fingerprint density at radius 2 is 1.86 bits per heavy atom. The molecule has 36 heavy (non-hydrogen) atoms. The van der Waals surface area contributed by atoms with Crippen LogP contribution in [0.4, 0.5) is 4.79 Å². The molecule has 2 atom stereocenters. The number of amides is 1. The van der Waals surface area contributed by atoms with Crippen molar-refractivity contribution in [3.8, 4) is 0 Å². The molecule has 1 aliphatic heterocycles. The van der Waals surface area contributed by atoms with Crippen LogP contribution in [0.15, 0.2) is 73.1 Å². The lowest BCUT2D eigenvalue weighted by Crippen LogP contribution is -2.58. The van der Waals surface area contributed by atoms with Gasteiger partial charge in [-0.15, -0.1) is 0 Å². The van der Waals surface area contributed by atoms with Crippen molar-refractivity contribution in [3.05, 3.63) is 95.6 Å². The van der Waals surface area contributed by atoms with Gasteiger partial charge in [0.15, 0.2) is 0 Å². The maximum Gasteiger partial charge on any atom is 0.410 e. The second-order valence-corrected chi connectivity index (χ2v) is 9.84. The molecule has 0 bridgehead atoms. The SMILES string of the molecule is CN(CC1CN(Cc2ccccn2)CCN1C(=O)OCc1ccccc1)[C@H]1CCCc2cccnc21. The summed E-state index contributed by atoms with van der Waals surface area (Å²) in [5, 5.41) is 0. The number of pyridine rings is 2. The second kappa shape index (κ2) is 11.6. The van der Waals surface area contributed by atoms with Crippen LogP contribution in [0, 0.1) is 0 Å². The van der Waals surface area contributed by atoms with Gasteiger partial charge in [0.25, 0.3) is 0 Å². The average molecular weight is 486 g/mol. The zero-order valence-corrected chi connectivity index (χ0v) is 21.0. The topological polar surface area (TPSA) is 61.8 Å². The molecule has 2 aromatic heterocycles. The van der Waals surface area contributed by atoms with E-state index in [9.17, 15) is 4.79 Å². The number of aryl methyl sites for hydroxylation is 1. The monoisotopic (exact) mass is 485 g/mol. The second-order valence-electron chi connectivity index (χ2n) is 9.84. The van der Waals surface area contributed by atoms with E-state index in [1.54, 1.807) is 0 Å². The summed E-state index contributed by atoms with van der Waals surface area (Å²) in [6.07, 6.45) is 6.83. The molecule has 7 heteroatoms. The predicted octanol–water partition coefficient (Wildman–Crippen LogP) is 4.31. The first kappa shape index (κ1) is 24.4. The van der Waals surface area contributed by atoms with Gasteiger partial charge in [0.05, 0.1) is 23.5 Å². The van der Waals surface area contributed by atoms with Gasteiger partial charge in [0.1, 0.15) is 6.61 Å². The van der Waals surface area contributed by atoms with Gasteiger partial charge in [-0.05, 0) is 55.6 Å². The fourth-order valence-corrected chi connectivity index (χ4v) is 5.46. The number of carbonyl (C=O) groups excluding carboxylic acids is 1. The number of carbonyl (C=O) groups is 1. The Hall–Kier alpha value is -3.29. The molecule has 1 saturated heterocycles. The van der Waals surface area contributed by atoms with Gasteiger partial charge in [-0.1, -0.05) is 42.5 Å². The van der Waals surface area contributed by atoms with Crippen LogP contribution in [0.3, 0.4) is 0 Å². The number of aromatic nitrogens is 2. The summed E-state index contributed by atoms with van der Waals surface area (Å²) in [6, 6.07) is 20.4. The molecule has 0 radical (unpaired) electrons. The molecule has 7 nitrogen and oxygen atoms in total. The van der Waals surface area contributed by atoms with Crippen molar-refractivity contribution in [2.75, 3.05) is 33.2 Å². The third kappa shape index (κ3) is 5.91. The van der Waals surface area contributed by atoms with Gasteiger partial charge in [0, 0.05) is 45.1 Å². The molecule has 1 aliphatic carbocycles. The lowest BCUT2D eigenvalue weighted by Gasteiger charge is -2.43. The minimum atomic E-state index is -0.239. The summed E-state index contributed by atoms with van der Waals surface area (Å²) in [6.45, 7) is 4.05. The highest BCUT2D eigenvalue weighted by Crippen LogP contribution is 2.32. The fraction of sp³-hybridized carbons (Fsp3) is 0.414. The van der Waals surface area contributed by atoms with E-state index < -0.39 is 0 Å². The van der Waals surface area contributed by atoms with Crippen LogP contribution in [0.25, 0.3) is 0 Å². The Morgan fingerprint density at radius 1 is 1.03 bits per heavy atom. The largest absolute Gasteiger partial charge is 0.445 e. The van der Waals surface area contributed by atoms with E-state index in [1.165, 1.54) is 11.3 Å². The number of nitrogens with zero attached hydrogens (tertiary/aromatic N) is 5. The van der Waals surface area contributed by atoms with Crippen LogP contribution >= 0.6 is 0 Å². The molecule has 0 saturated carbocycles. The molecule has 0 spiro atoms. The van der Waals surface area contributed by atoms with E-state index >= 15 is 0 Å². The molecular formula is C29H35N5O2. The van der Waals surface area contributed by atoms with E-state index in [4.69, 9.17) is 9.72 Å². The number of hydrogen-bond acceptors (Lipinski definition) is 6. The van der Waals surface area contributed by atoms with Gasteiger partial charge in [-0.3, -0.25) is 19.8 Å². The molecule has 3 aromatic rings. The Balaban J connectivity index is 1.29. The van der Waals surface area contributed by atoms with Crippen molar-refractivity contribution < 1.29 is 9.53 Å². The number of ether oxygens (including phenoxy) is 1. The van der Waals surface area contributed by atoms with E-state index in [0.717, 1.165) is 56.7 Å².